The zero-order valence-electron chi connectivity index (χ0n) is 13.1. The van der Waals surface area contributed by atoms with Crippen LogP contribution in [0, 0.1) is 11.3 Å². The summed E-state index contributed by atoms with van der Waals surface area (Å²) in [6.45, 7) is 11.3. The van der Waals surface area contributed by atoms with Crippen molar-refractivity contribution in [3.8, 4) is 0 Å². The molecule has 0 saturated carbocycles. The highest BCUT2D eigenvalue weighted by molar-refractivity contribution is 4.97. The number of rotatable bonds is 8. The molecule has 2 heterocycles. The first kappa shape index (κ1) is 15.4. The lowest BCUT2D eigenvalue weighted by atomic mass is 9.83. The van der Waals surface area contributed by atoms with Crippen LogP contribution >= 0.6 is 0 Å². The van der Waals surface area contributed by atoms with Crippen molar-refractivity contribution < 1.29 is 4.74 Å². The second-order valence-corrected chi connectivity index (χ2v) is 6.41. The summed E-state index contributed by atoms with van der Waals surface area (Å²) in [6, 6.07) is 0. The van der Waals surface area contributed by atoms with Gasteiger partial charge < -0.3 is 10.1 Å². The van der Waals surface area contributed by atoms with Gasteiger partial charge in [0.25, 0.3) is 0 Å². The molecule has 2 rings (SSSR count). The SMILES string of the molecule is CCCNCC1(Cc2ncnn2CC(C)C)CCOC1. The van der Waals surface area contributed by atoms with Gasteiger partial charge in [-0.25, -0.2) is 9.67 Å². The van der Waals surface area contributed by atoms with Gasteiger partial charge in [0.2, 0.25) is 0 Å². The standard InChI is InChI=1S/C15H28N4O/c1-4-6-16-10-15(5-7-20-11-15)8-14-17-12-18-19(14)9-13(2)3/h12-13,16H,4-11H2,1-3H3. The summed E-state index contributed by atoms with van der Waals surface area (Å²) in [6.07, 6.45) is 4.91. The molecular weight excluding hydrogens is 252 g/mol. The highest BCUT2D eigenvalue weighted by Crippen LogP contribution is 2.31. The lowest BCUT2D eigenvalue weighted by Crippen LogP contribution is -2.38. The summed E-state index contributed by atoms with van der Waals surface area (Å²) in [5.74, 6) is 1.69. The van der Waals surface area contributed by atoms with E-state index in [0.717, 1.165) is 51.5 Å². The van der Waals surface area contributed by atoms with E-state index in [9.17, 15) is 0 Å². The van der Waals surface area contributed by atoms with Gasteiger partial charge in [-0.05, 0) is 25.3 Å². The molecule has 0 spiro atoms. The summed E-state index contributed by atoms with van der Waals surface area (Å²) in [7, 11) is 0. The highest BCUT2D eigenvalue weighted by Gasteiger charge is 2.36. The first-order chi connectivity index (χ1) is 9.65. The average Bonchev–Trinajstić information content (AvgIpc) is 3.01. The van der Waals surface area contributed by atoms with E-state index in [0.29, 0.717) is 5.92 Å². The molecule has 0 amide bonds. The molecule has 1 aromatic heterocycles. The van der Waals surface area contributed by atoms with Crippen LogP contribution in [0.3, 0.4) is 0 Å². The zero-order chi connectivity index (χ0) is 14.4. The zero-order valence-corrected chi connectivity index (χ0v) is 13.1. The number of hydrogen-bond donors (Lipinski definition) is 1. The van der Waals surface area contributed by atoms with Crippen molar-refractivity contribution in [1.29, 1.82) is 0 Å². The van der Waals surface area contributed by atoms with Crippen LogP contribution in [-0.2, 0) is 17.7 Å². The van der Waals surface area contributed by atoms with Gasteiger partial charge in [-0.1, -0.05) is 20.8 Å². The quantitative estimate of drug-likeness (QED) is 0.739. The van der Waals surface area contributed by atoms with Crippen molar-refractivity contribution in [1.82, 2.24) is 20.1 Å². The Bertz CT molecular complexity index is 396. The van der Waals surface area contributed by atoms with Crippen molar-refractivity contribution in [3.63, 3.8) is 0 Å². The molecule has 0 aliphatic carbocycles. The van der Waals surface area contributed by atoms with E-state index < -0.39 is 0 Å². The normalized spacial score (nSPS) is 22.8. The Morgan fingerprint density at radius 2 is 2.35 bits per heavy atom. The minimum absolute atomic E-state index is 0.191. The topological polar surface area (TPSA) is 52.0 Å². The van der Waals surface area contributed by atoms with Crippen molar-refractivity contribution >= 4 is 0 Å². The summed E-state index contributed by atoms with van der Waals surface area (Å²) in [5.41, 5.74) is 0.191. The number of hydrogen-bond acceptors (Lipinski definition) is 4. The largest absolute Gasteiger partial charge is 0.381 e. The number of nitrogens with zero attached hydrogens (tertiary/aromatic N) is 3. The predicted molar refractivity (Wildman–Crippen MR) is 79.6 cm³/mol. The van der Waals surface area contributed by atoms with Crippen LogP contribution in [0.1, 0.15) is 39.4 Å². The van der Waals surface area contributed by atoms with Gasteiger partial charge in [0.05, 0.1) is 6.61 Å². The Morgan fingerprint density at radius 1 is 1.50 bits per heavy atom. The summed E-state index contributed by atoms with van der Waals surface area (Å²) in [5, 5.41) is 7.92. The van der Waals surface area contributed by atoms with E-state index in [4.69, 9.17) is 4.74 Å². The van der Waals surface area contributed by atoms with Crippen molar-refractivity contribution in [3.05, 3.63) is 12.2 Å². The number of ether oxygens (including phenoxy) is 1. The predicted octanol–water partition coefficient (Wildman–Crippen LogP) is 1.88. The second kappa shape index (κ2) is 7.18. The maximum absolute atomic E-state index is 5.66. The van der Waals surface area contributed by atoms with Crippen LogP contribution in [0.5, 0.6) is 0 Å². The van der Waals surface area contributed by atoms with E-state index in [-0.39, 0.29) is 5.41 Å². The number of nitrogens with one attached hydrogen (secondary N) is 1. The lowest BCUT2D eigenvalue weighted by molar-refractivity contribution is 0.147. The Labute approximate surface area is 122 Å². The van der Waals surface area contributed by atoms with Crippen molar-refractivity contribution in [2.75, 3.05) is 26.3 Å². The summed E-state index contributed by atoms with van der Waals surface area (Å²) >= 11 is 0. The van der Waals surface area contributed by atoms with Gasteiger partial charge in [0, 0.05) is 31.5 Å². The molecule has 5 nitrogen and oxygen atoms in total. The third-order valence-electron chi connectivity index (χ3n) is 3.88. The molecule has 1 unspecified atom stereocenters. The Hall–Kier alpha value is -0.940. The van der Waals surface area contributed by atoms with Crippen molar-refractivity contribution in [2.24, 2.45) is 11.3 Å². The first-order valence-electron chi connectivity index (χ1n) is 7.80. The molecule has 0 bridgehead atoms. The molecule has 1 aliphatic rings. The van der Waals surface area contributed by atoms with Crippen LogP contribution in [0.2, 0.25) is 0 Å². The third-order valence-corrected chi connectivity index (χ3v) is 3.88. The monoisotopic (exact) mass is 280 g/mol. The summed E-state index contributed by atoms with van der Waals surface area (Å²) < 4.78 is 7.72. The van der Waals surface area contributed by atoms with Gasteiger partial charge in [-0.15, -0.1) is 0 Å². The molecule has 20 heavy (non-hydrogen) atoms. The highest BCUT2D eigenvalue weighted by atomic mass is 16.5. The van der Waals surface area contributed by atoms with E-state index >= 15 is 0 Å². The van der Waals surface area contributed by atoms with Crippen LogP contribution < -0.4 is 5.32 Å². The maximum atomic E-state index is 5.66. The molecular formula is C15H28N4O. The van der Waals surface area contributed by atoms with Gasteiger partial charge in [0.15, 0.2) is 0 Å². The Morgan fingerprint density at radius 3 is 3.00 bits per heavy atom. The van der Waals surface area contributed by atoms with Crippen LogP contribution in [0.25, 0.3) is 0 Å². The fourth-order valence-corrected chi connectivity index (χ4v) is 2.78. The van der Waals surface area contributed by atoms with Gasteiger partial charge in [-0.2, -0.15) is 5.10 Å². The Kier molecular flexibility index (Phi) is 5.54. The third kappa shape index (κ3) is 4.03. The number of aromatic nitrogens is 3. The molecule has 5 heteroatoms. The molecule has 1 fully saturated rings. The van der Waals surface area contributed by atoms with Gasteiger partial charge >= 0.3 is 0 Å². The van der Waals surface area contributed by atoms with Gasteiger partial charge in [0.1, 0.15) is 12.2 Å². The molecule has 1 aromatic rings. The van der Waals surface area contributed by atoms with Crippen LogP contribution in [0.4, 0.5) is 0 Å². The van der Waals surface area contributed by atoms with Crippen LogP contribution in [-0.4, -0.2) is 41.1 Å². The molecule has 0 radical (unpaired) electrons. The van der Waals surface area contributed by atoms with E-state index in [2.05, 4.69) is 40.9 Å². The lowest BCUT2D eigenvalue weighted by Gasteiger charge is -2.27. The van der Waals surface area contributed by atoms with E-state index in [1.54, 1.807) is 6.33 Å². The molecule has 1 saturated heterocycles. The fraction of sp³-hybridized carbons (Fsp3) is 0.867. The average molecular weight is 280 g/mol. The smallest absolute Gasteiger partial charge is 0.138 e. The first-order valence-corrected chi connectivity index (χ1v) is 7.80. The summed E-state index contributed by atoms with van der Waals surface area (Å²) in [4.78, 5) is 4.47. The molecule has 1 atom stereocenters. The van der Waals surface area contributed by atoms with Gasteiger partial charge in [-0.3, -0.25) is 0 Å². The Balaban J connectivity index is 2.02. The van der Waals surface area contributed by atoms with Crippen molar-refractivity contribution in [2.45, 2.75) is 46.6 Å². The minimum atomic E-state index is 0.191. The molecule has 0 aromatic carbocycles. The second-order valence-electron chi connectivity index (χ2n) is 6.41. The molecule has 1 N–H and O–H groups in total. The van der Waals surface area contributed by atoms with E-state index in [1.807, 2.05) is 0 Å². The minimum Gasteiger partial charge on any atom is -0.381 e. The maximum Gasteiger partial charge on any atom is 0.138 e. The molecule has 114 valence electrons. The van der Waals surface area contributed by atoms with Crippen LogP contribution in [0.15, 0.2) is 6.33 Å². The van der Waals surface area contributed by atoms with E-state index in [1.165, 1.54) is 6.42 Å². The fourth-order valence-electron chi connectivity index (χ4n) is 2.78. The molecule has 1 aliphatic heterocycles.